The predicted molar refractivity (Wildman–Crippen MR) is 114 cm³/mol. The quantitative estimate of drug-likeness (QED) is 0.753. The zero-order valence-corrected chi connectivity index (χ0v) is 17.3. The lowest BCUT2D eigenvalue weighted by molar-refractivity contribution is 0.198. The summed E-state index contributed by atoms with van der Waals surface area (Å²) in [4.78, 5) is 0. The molecule has 29 heavy (non-hydrogen) atoms. The summed E-state index contributed by atoms with van der Waals surface area (Å²) in [5, 5.41) is 9.54. The molecule has 0 aromatic heterocycles. The fraction of sp³-hybridized carbons (Fsp3) is 0.520. The van der Waals surface area contributed by atoms with Gasteiger partial charge in [0, 0.05) is 5.54 Å². The van der Waals surface area contributed by atoms with E-state index in [0.717, 1.165) is 62.7 Å². The molecule has 2 aromatic carbocycles. The first-order chi connectivity index (χ1) is 14.0. The van der Waals surface area contributed by atoms with E-state index < -0.39 is 5.54 Å². The SMILES string of the molecule is COc1ccc(F)c(CC[C@@H]2CCc3cc([C@H]4CC[C@](N)(CO)C4)ccc3C2)c1. The van der Waals surface area contributed by atoms with Crippen LogP contribution < -0.4 is 10.5 Å². The van der Waals surface area contributed by atoms with Crippen molar-refractivity contribution in [1.82, 2.24) is 0 Å². The standard InChI is InChI=1S/C25H32FNO2/c1-29-23-8-9-24(26)21(14-23)5-3-17-2-4-19-13-20(7-6-18(19)12-17)22-10-11-25(27,15-22)16-28/h6-9,13-14,17,22,28H,2-5,10-12,15-16,27H2,1H3/t17-,22-,25+/m0/s1. The first kappa shape index (κ1) is 20.4. The third-order valence-corrected chi connectivity index (χ3v) is 7.07. The van der Waals surface area contributed by atoms with E-state index in [2.05, 4.69) is 18.2 Å². The fourth-order valence-electron chi connectivity index (χ4n) is 5.16. The molecular weight excluding hydrogens is 365 g/mol. The number of nitrogens with two attached hydrogens (primary N) is 1. The Balaban J connectivity index is 1.38. The number of hydrogen-bond acceptors (Lipinski definition) is 3. The maximum Gasteiger partial charge on any atom is 0.126 e. The van der Waals surface area contributed by atoms with Gasteiger partial charge in [-0.25, -0.2) is 4.39 Å². The van der Waals surface area contributed by atoms with E-state index in [0.29, 0.717) is 11.8 Å². The van der Waals surface area contributed by atoms with Crippen LogP contribution in [0, 0.1) is 11.7 Å². The Labute approximate surface area is 173 Å². The van der Waals surface area contributed by atoms with Gasteiger partial charge in [-0.3, -0.25) is 0 Å². The summed E-state index contributed by atoms with van der Waals surface area (Å²) in [6.45, 7) is 0.0734. The van der Waals surface area contributed by atoms with Gasteiger partial charge in [-0.1, -0.05) is 18.2 Å². The van der Waals surface area contributed by atoms with Crippen molar-refractivity contribution in [2.75, 3.05) is 13.7 Å². The number of halogens is 1. The number of aryl methyl sites for hydroxylation is 2. The smallest absolute Gasteiger partial charge is 0.126 e. The Hall–Kier alpha value is -1.91. The highest BCUT2D eigenvalue weighted by Gasteiger charge is 2.36. The van der Waals surface area contributed by atoms with Gasteiger partial charge >= 0.3 is 0 Å². The Kier molecular flexibility index (Phi) is 5.93. The summed E-state index contributed by atoms with van der Waals surface area (Å²) >= 11 is 0. The van der Waals surface area contributed by atoms with Crippen LogP contribution >= 0.6 is 0 Å². The maximum absolute atomic E-state index is 14.1. The number of ether oxygens (including phenoxy) is 1. The molecule has 3 atom stereocenters. The van der Waals surface area contributed by atoms with Gasteiger partial charge in [0.2, 0.25) is 0 Å². The summed E-state index contributed by atoms with van der Waals surface area (Å²) in [6, 6.07) is 11.9. The molecule has 0 saturated heterocycles. The van der Waals surface area contributed by atoms with Crippen LogP contribution in [0.5, 0.6) is 5.75 Å². The third-order valence-electron chi connectivity index (χ3n) is 7.07. The summed E-state index contributed by atoms with van der Waals surface area (Å²) in [5.74, 6) is 1.64. The van der Waals surface area contributed by atoms with E-state index in [-0.39, 0.29) is 12.4 Å². The molecule has 3 nitrogen and oxygen atoms in total. The van der Waals surface area contributed by atoms with Crippen molar-refractivity contribution in [2.24, 2.45) is 11.7 Å². The van der Waals surface area contributed by atoms with Crippen LogP contribution in [0.25, 0.3) is 0 Å². The zero-order valence-electron chi connectivity index (χ0n) is 17.3. The van der Waals surface area contributed by atoms with Crippen LogP contribution in [0.15, 0.2) is 36.4 Å². The summed E-state index contributed by atoms with van der Waals surface area (Å²) in [6.07, 6.45) is 7.90. The molecule has 1 saturated carbocycles. The number of methoxy groups -OCH3 is 1. The molecule has 0 radical (unpaired) electrons. The molecule has 4 heteroatoms. The first-order valence-corrected chi connectivity index (χ1v) is 10.8. The van der Waals surface area contributed by atoms with Crippen LogP contribution in [-0.4, -0.2) is 24.4 Å². The lowest BCUT2D eigenvalue weighted by atomic mass is 9.79. The summed E-state index contributed by atoms with van der Waals surface area (Å²) in [5.41, 5.74) is 10.9. The first-order valence-electron chi connectivity index (χ1n) is 10.8. The normalized spacial score (nSPS) is 26.3. The van der Waals surface area contributed by atoms with E-state index in [9.17, 15) is 9.50 Å². The molecule has 0 aliphatic heterocycles. The number of hydrogen-bond donors (Lipinski definition) is 2. The van der Waals surface area contributed by atoms with Gasteiger partial charge in [0.15, 0.2) is 0 Å². The Morgan fingerprint density at radius 2 is 2.03 bits per heavy atom. The summed E-state index contributed by atoms with van der Waals surface area (Å²) in [7, 11) is 1.62. The second-order valence-corrected chi connectivity index (χ2v) is 9.09. The van der Waals surface area contributed by atoms with E-state index in [4.69, 9.17) is 10.5 Å². The van der Waals surface area contributed by atoms with Crippen molar-refractivity contribution in [2.45, 2.75) is 62.8 Å². The molecule has 156 valence electrons. The predicted octanol–water partition coefficient (Wildman–Crippen LogP) is 4.53. The highest BCUT2D eigenvalue weighted by atomic mass is 19.1. The number of aliphatic hydroxyl groups excluding tert-OH is 1. The third kappa shape index (κ3) is 4.49. The molecule has 0 unspecified atom stereocenters. The fourth-order valence-corrected chi connectivity index (χ4v) is 5.16. The van der Waals surface area contributed by atoms with Crippen molar-refractivity contribution in [1.29, 1.82) is 0 Å². The van der Waals surface area contributed by atoms with Gasteiger partial charge in [-0.05, 0) is 104 Å². The van der Waals surface area contributed by atoms with E-state index in [1.807, 2.05) is 6.07 Å². The molecular formula is C25H32FNO2. The minimum Gasteiger partial charge on any atom is -0.497 e. The molecule has 0 amide bonds. The molecule has 4 rings (SSSR count). The Bertz CT molecular complexity index is 868. The molecule has 2 aliphatic rings. The lowest BCUT2D eigenvalue weighted by Crippen LogP contribution is -2.40. The highest BCUT2D eigenvalue weighted by Crippen LogP contribution is 2.41. The van der Waals surface area contributed by atoms with Crippen LogP contribution in [0.1, 0.15) is 60.3 Å². The van der Waals surface area contributed by atoms with Crippen LogP contribution in [0.2, 0.25) is 0 Å². The molecule has 0 bridgehead atoms. The molecule has 0 heterocycles. The zero-order chi connectivity index (χ0) is 20.4. The van der Waals surface area contributed by atoms with E-state index in [1.54, 1.807) is 13.2 Å². The molecule has 3 N–H and O–H groups in total. The molecule has 1 fully saturated rings. The van der Waals surface area contributed by atoms with Crippen LogP contribution in [0.4, 0.5) is 4.39 Å². The Morgan fingerprint density at radius 1 is 1.17 bits per heavy atom. The van der Waals surface area contributed by atoms with Gasteiger partial charge in [0.05, 0.1) is 13.7 Å². The number of aliphatic hydroxyl groups is 1. The number of fused-ring (bicyclic) bond motifs is 1. The monoisotopic (exact) mass is 397 g/mol. The number of benzene rings is 2. The van der Waals surface area contributed by atoms with Crippen molar-refractivity contribution < 1.29 is 14.2 Å². The number of rotatable bonds is 6. The van der Waals surface area contributed by atoms with E-state index in [1.165, 1.54) is 22.8 Å². The average molecular weight is 398 g/mol. The largest absolute Gasteiger partial charge is 0.497 e. The van der Waals surface area contributed by atoms with Gasteiger partial charge in [0.25, 0.3) is 0 Å². The molecule has 2 aromatic rings. The van der Waals surface area contributed by atoms with Crippen LogP contribution in [0.3, 0.4) is 0 Å². The average Bonchev–Trinajstić information content (AvgIpc) is 3.15. The van der Waals surface area contributed by atoms with Gasteiger partial charge in [-0.2, -0.15) is 0 Å². The minimum atomic E-state index is -0.402. The van der Waals surface area contributed by atoms with Gasteiger partial charge in [0.1, 0.15) is 11.6 Å². The highest BCUT2D eigenvalue weighted by molar-refractivity contribution is 5.37. The Morgan fingerprint density at radius 3 is 2.79 bits per heavy atom. The van der Waals surface area contributed by atoms with Crippen molar-refractivity contribution in [3.63, 3.8) is 0 Å². The van der Waals surface area contributed by atoms with Crippen molar-refractivity contribution in [3.8, 4) is 5.75 Å². The van der Waals surface area contributed by atoms with Crippen molar-refractivity contribution in [3.05, 3.63) is 64.5 Å². The topological polar surface area (TPSA) is 55.5 Å². The molecule has 2 aliphatic carbocycles. The van der Waals surface area contributed by atoms with Crippen molar-refractivity contribution >= 4 is 0 Å². The van der Waals surface area contributed by atoms with Crippen LogP contribution in [-0.2, 0) is 19.3 Å². The minimum absolute atomic E-state index is 0.0734. The van der Waals surface area contributed by atoms with Gasteiger partial charge < -0.3 is 15.6 Å². The molecule has 0 spiro atoms. The summed E-state index contributed by atoms with van der Waals surface area (Å²) < 4.78 is 19.3. The van der Waals surface area contributed by atoms with Gasteiger partial charge in [-0.15, -0.1) is 0 Å². The second kappa shape index (κ2) is 8.45. The second-order valence-electron chi connectivity index (χ2n) is 9.09. The van der Waals surface area contributed by atoms with E-state index >= 15 is 0 Å². The maximum atomic E-state index is 14.1. The lowest BCUT2D eigenvalue weighted by Gasteiger charge is -2.26.